The zero-order valence-corrected chi connectivity index (χ0v) is 14.6. The maximum atomic E-state index is 12.6. The molecule has 0 aliphatic rings. The summed E-state index contributed by atoms with van der Waals surface area (Å²) in [5, 5.41) is 2.24. The predicted molar refractivity (Wildman–Crippen MR) is 98.7 cm³/mol. The molecule has 0 amide bonds. The molecule has 5 nitrogen and oxygen atoms in total. The lowest BCUT2D eigenvalue weighted by atomic mass is 10.0. The second-order valence-corrected chi connectivity index (χ2v) is 6.07. The predicted octanol–water partition coefficient (Wildman–Crippen LogP) is 4.23. The Morgan fingerprint density at radius 1 is 1.00 bits per heavy atom. The summed E-state index contributed by atoms with van der Waals surface area (Å²) in [4.78, 5) is 12.6. The number of carbonyl (C=O) groups excluding carboxylic acids is 1. The number of nitrogens with two attached hydrogens (primary N) is 1. The van der Waals surface area contributed by atoms with Crippen molar-refractivity contribution in [3.8, 4) is 28.4 Å². The SMILES string of the molecule is COc1ccc(-c2csc(N)c2C(=O)Oc2ccccc2)cc1OC. The van der Waals surface area contributed by atoms with Crippen molar-refractivity contribution in [1.82, 2.24) is 0 Å². The summed E-state index contributed by atoms with van der Waals surface area (Å²) in [6.45, 7) is 0. The van der Waals surface area contributed by atoms with E-state index in [1.165, 1.54) is 11.3 Å². The second kappa shape index (κ2) is 7.27. The number of hydrogen-bond acceptors (Lipinski definition) is 6. The number of carbonyl (C=O) groups is 1. The summed E-state index contributed by atoms with van der Waals surface area (Å²) in [5.74, 6) is 1.17. The summed E-state index contributed by atoms with van der Waals surface area (Å²) in [6.07, 6.45) is 0. The molecule has 0 saturated carbocycles. The van der Waals surface area contributed by atoms with Gasteiger partial charge in [-0.25, -0.2) is 4.79 Å². The maximum Gasteiger partial charge on any atom is 0.347 e. The topological polar surface area (TPSA) is 70.8 Å². The van der Waals surface area contributed by atoms with Crippen LogP contribution < -0.4 is 19.9 Å². The average molecular weight is 355 g/mol. The van der Waals surface area contributed by atoms with Crippen molar-refractivity contribution >= 4 is 22.3 Å². The van der Waals surface area contributed by atoms with E-state index in [4.69, 9.17) is 19.9 Å². The molecule has 128 valence electrons. The average Bonchev–Trinajstić information content (AvgIpc) is 3.03. The lowest BCUT2D eigenvalue weighted by Gasteiger charge is -2.10. The molecule has 0 aliphatic heterocycles. The highest BCUT2D eigenvalue weighted by atomic mass is 32.1. The number of nitrogen functional groups attached to an aromatic ring is 1. The monoisotopic (exact) mass is 355 g/mol. The highest BCUT2D eigenvalue weighted by molar-refractivity contribution is 7.15. The molecule has 25 heavy (non-hydrogen) atoms. The molecule has 2 aromatic carbocycles. The van der Waals surface area contributed by atoms with Gasteiger partial charge in [0.2, 0.25) is 0 Å². The van der Waals surface area contributed by atoms with E-state index in [-0.39, 0.29) is 0 Å². The van der Waals surface area contributed by atoms with Crippen molar-refractivity contribution in [3.63, 3.8) is 0 Å². The van der Waals surface area contributed by atoms with Crippen LogP contribution in [0.3, 0.4) is 0 Å². The van der Waals surface area contributed by atoms with E-state index in [1.54, 1.807) is 50.6 Å². The number of rotatable bonds is 5. The lowest BCUT2D eigenvalue weighted by molar-refractivity contribution is 0.0737. The fraction of sp³-hybridized carbons (Fsp3) is 0.105. The standard InChI is InChI=1S/C19H17NO4S/c1-22-15-9-8-12(10-16(15)23-2)14-11-25-18(20)17(14)19(21)24-13-6-4-3-5-7-13/h3-11H,20H2,1-2H3. The van der Waals surface area contributed by atoms with Gasteiger partial charge in [0.25, 0.3) is 0 Å². The molecule has 0 fully saturated rings. The van der Waals surface area contributed by atoms with Crippen molar-refractivity contribution in [1.29, 1.82) is 0 Å². The third-order valence-electron chi connectivity index (χ3n) is 3.67. The van der Waals surface area contributed by atoms with Crippen LogP contribution in [-0.4, -0.2) is 20.2 Å². The minimum Gasteiger partial charge on any atom is -0.493 e. The highest BCUT2D eigenvalue weighted by Gasteiger charge is 2.21. The molecule has 1 aromatic heterocycles. The Morgan fingerprint density at radius 3 is 2.40 bits per heavy atom. The van der Waals surface area contributed by atoms with E-state index >= 15 is 0 Å². The van der Waals surface area contributed by atoms with Gasteiger partial charge in [0.05, 0.1) is 14.2 Å². The van der Waals surface area contributed by atoms with Gasteiger partial charge in [-0.3, -0.25) is 0 Å². The van der Waals surface area contributed by atoms with Gasteiger partial charge < -0.3 is 19.9 Å². The van der Waals surface area contributed by atoms with E-state index in [9.17, 15) is 4.79 Å². The minimum absolute atomic E-state index is 0.348. The van der Waals surface area contributed by atoms with Crippen LogP contribution in [0.1, 0.15) is 10.4 Å². The number of hydrogen-bond donors (Lipinski definition) is 1. The molecule has 0 radical (unpaired) electrons. The number of thiophene rings is 1. The van der Waals surface area contributed by atoms with Crippen LogP contribution >= 0.6 is 11.3 Å². The first kappa shape index (κ1) is 16.9. The van der Waals surface area contributed by atoms with E-state index < -0.39 is 5.97 Å². The smallest absolute Gasteiger partial charge is 0.347 e. The first-order chi connectivity index (χ1) is 12.1. The van der Waals surface area contributed by atoms with E-state index in [2.05, 4.69) is 0 Å². The third kappa shape index (κ3) is 3.44. The number of para-hydroxylation sites is 1. The number of benzene rings is 2. The Labute approximate surface area is 149 Å². The molecule has 1 heterocycles. The van der Waals surface area contributed by atoms with Crippen LogP contribution in [0.5, 0.6) is 17.2 Å². The molecule has 0 saturated heterocycles. The largest absolute Gasteiger partial charge is 0.493 e. The molecule has 0 spiro atoms. The minimum atomic E-state index is -0.491. The lowest BCUT2D eigenvalue weighted by Crippen LogP contribution is -2.10. The van der Waals surface area contributed by atoms with Gasteiger partial charge in [-0.1, -0.05) is 24.3 Å². The molecule has 3 rings (SSSR count). The highest BCUT2D eigenvalue weighted by Crippen LogP contribution is 2.38. The summed E-state index contributed by atoms with van der Waals surface area (Å²) in [5.41, 5.74) is 7.87. The van der Waals surface area contributed by atoms with Crippen LogP contribution in [0.15, 0.2) is 53.9 Å². The van der Waals surface area contributed by atoms with Crippen molar-refractivity contribution in [2.75, 3.05) is 20.0 Å². The molecule has 6 heteroatoms. The van der Waals surface area contributed by atoms with E-state index in [0.29, 0.717) is 33.4 Å². The summed E-state index contributed by atoms with van der Waals surface area (Å²) in [6, 6.07) is 14.3. The number of anilines is 1. The number of methoxy groups -OCH3 is 2. The molecule has 0 aliphatic carbocycles. The third-order valence-corrected chi connectivity index (χ3v) is 4.48. The van der Waals surface area contributed by atoms with Crippen molar-refractivity contribution < 1.29 is 19.0 Å². The maximum absolute atomic E-state index is 12.6. The zero-order chi connectivity index (χ0) is 17.8. The summed E-state index contributed by atoms with van der Waals surface area (Å²) >= 11 is 1.29. The van der Waals surface area contributed by atoms with Gasteiger partial charge >= 0.3 is 5.97 Å². The van der Waals surface area contributed by atoms with Crippen molar-refractivity contribution in [2.45, 2.75) is 0 Å². The molecular formula is C19H17NO4S. The molecule has 0 bridgehead atoms. The van der Waals surface area contributed by atoms with Gasteiger partial charge in [0.15, 0.2) is 11.5 Å². The van der Waals surface area contributed by atoms with E-state index in [1.807, 2.05) is 17.5 Å². The number of esters is 1. The summed E-state index contributed by atoms with van der Waals surface area (Å²) < 4.78 is 16.0. The molecule has 0 unspecified atom stereocenters. The second-order valence-electron chi connectivity index (χ2n) is 5.16. The first-order valence-electron chi connectivity index (χ1n) is 7.50. The Bertz CT molecular complexity index is 890. The summed E-state index contributed by atoms with van der Waals surface area (Å²) in [7, 11) is 3.14. The zero-order valence-electron chi connectivity index (χ0n) is 13.8. The van der Waals surface area contributed by atoms with Gasteiger partial charge in [-0.05, 0) is 29.8 Å². The first-order valence-corrected chi connectivity index (χ1v) is 8.38. The van der Waals surface area contributed by atoms with Gasteiger partial charge in [0, 0.05) is 10.9 Å². The Morgan fingerprint density at radius 2 is 1.72 bits per heavy atom. The van der Waals surface area contributed by atoms with Crippen LogP contribution in [0.4, 0.5) is 5.00 Å². The van der Waals surface area contributed by atoms with Gasteiger partial charge in [-0.15, -0.1) is 11.3 Å². The quantitative estimate of drug-likeness (QED) is 0.548. The number of ether oxygens (including phenoxy) is 3. The Balaban J connectivity index is 1.98. The Kier molecular flexibility index (Phi) is 4.90. The molecular weight excluding hydrogens is 338 g/mol. The fourth-order valence-electron chi connectivity index (χ4n) is 2.45. The van der Waals surface area contributed by atoms with Gasteiger partial charge in [-0.2, -0.15) is 0 Å². The van der Waals surface area contributed by atoms with Crippen LogP contribution in [0.25, 0.3) is 11.1 Å². The molecule has 2 N–H and O–H groups in total. The van der Waals surface area contributed by atoms with Crippen molar-refractivity contribution in [3.05, 3.63) is 59.5 Å². The van der Waals surface area contributed by atoms with Crippen LogP contribution in [0, 0.1) is 0 Å². The Hall–Kier alpha value is -2.99. The van der Waals surface area contributed by atoms with Crippen LogP contribution in [0.2, 0.25) is 0 Å². The van der Waals surface area contributed by atoms with E-state index in [0.717, 1.165) is 5.56 Å². The fourth-order valence-corrected chi connectivity index (χ4v) is 3.26. The normalized spacial score (nSPS) is 10.3. The van der Waals surface area contributed by atoms with Crippen LogP contribution in [-0.2, 0) is 0 Å². The molecule has 3 aromatic rings. The van der Waals surface area contributed by atoms with Gasteiger partial charge in [0.1, 0.15) is 16.3 Å². The van der Waals surface area contributed by atoms with Crippen molar-refractivity contribution in [2.24, 2.45) is 0 Å². The molecule has 0 atom stereocenters.